The first-order valence-corrected chi connectivity index (χ1v) is 11.1. The summed E-state index contributed by atoms with van der Waals surface area (Å²) in [5, 5.41) is 3.27. The Labute approximate surface area is 196 Å². The van der Waals surface area contributed by atoms with E-state index < -0.39 is 29.6 Å². The first-order valence-electron chi connectivity index (χ1n) is 11.1. The third-order valence-corrected chi connectivity index (χ3v) is 6.14. The second kappa shape index (κ2) is 9.91. The summed E-state index contributed by atoms with van der Waals surface area (Å²) in [6.45, 7) is 8.02. The highest BCUT2D eigenvalue weighted by atomic mass is 19.4. The first kappa shape index (κ1) is 26.0. The molecule has 0 radical (unpaired) electrons. The van der Waals surface area contributed by atoms with E-state index >= 15 is 0 Å². The van der Waals surface area contributed by atoms with Gasteiger partial charge >= 0.3 is 12.4 Å². The molecule has 1 aliphatic rings. The van der Waals surface area contributed by atoms with Crippen LogP contribution in [0.25, 0.3) is 0 Å². The number of rotatable bonds is 3. The molecule has 0 amide bonds. The molecular weight excluding hydrogens is 454 g/mol. The Hall–Kier alpha value is -2.66. The van der Waals surface area contributed by atoms with E-state index in [-0.39, 0.29) is 17.0 Å². The lowest BCUT2D eigenvalue weighted by Gasteiger charge is -2.40. The minimum Gasteiger partial charge on any atom is -0.360 e. The van der Waals surface area contributed by atoms with Crippen molar-refractivity contribution in [1.82, 2.24) is 4.90 Å². The van der Waals surface area contributed by atoms with Crippen molar-refractivity contribution in [2.45, 2.75) is 52.1 Å². The number of anilines is 1. The maximum atomic E-state index is 13.2. The number of halogens is 6. The topological polar surface area (TPSA) is 15.3 Å². The van der Waals surface area contributed by atoms with Crippen molar-refractivity contribution in [1.29, 1.82) is 0 Å². The minimum atomic E-state index is -4.91. The van der Waals surface area contributed by atoms with Crippen molar-refractivity contribution in [2.24, 2.45) is 11.3 Å². The largest absolute Gasteiger partial charge is 0.416 e. The standard InChI is InChI=1S/C26H28F6N2/c1-24(2,3)19-11-13-34(14-12-19)23(33-22-7-5-4-6-8-22)10-9-18-15-20(25(27,28)29)17-21(16-18)26(30,31)32/h4-8,15-17,19,23,33H,11-14H2,1-3H3. The van der Waals surface area contributed by atoms with E-state index in [1.807, 2.05) is 30.3 Å². The van der Waals surface area contributed by atoms with Crippen LogP contribution in [0.3, 0.4) is 0 Å². The minimum absolute atomic E-state index is 0.113. The van der Waals surface area contributed by atoms with Crippen LogP contribution >= 0.6 is 0 Å². The number of alkyl halides is 6. The summed E-state index contributed by atoms with van der Waals surface area (Å²) in [6, 6.07) is 10.6. The van der Waals surface area contributed by atoms with Gasteiger partial charge in [0.15, 0.2) is 0 Å². The Morgan fingerprint density at radius 3 is 1.85 bits per heavy atom. The van der Waals surface area contributed by atoms with Gasteiger partial charge in [-0.05, 0) is 54.5 Å². The number of nitrogens with zero attached hydrogens (tertiary/aromatic N) is 1. The molecule has 1 fully saturated rings. The molecule has 1 saturated heterocycles. The van der Waals surface area contributed by atoms with Crippen LogP contribution in [-0.2, 0) is 12.4 Å². The molecule has 0 aromatic heterocycles. The summed E-state index contributed by atoms with van der Waals surface area (Å²) >= 11 is 0. The van der Waals surface area contributed by atoms with E-state index in [1.54, 1.807) is 0 Å². The molecule has 0 spiro atoms. The Morgan fingerprint density at radius 1 is 0.853 bits per heavy atom. The Morgan fingerprint density at radius 2 is 1.38 bits per heavy atom. The number of benzene rings is 2. The number of piperidine rings is 1. The average molecular weight is 483 g/mol. The Kier molecular flexibility index (Phi) is 7.56. The van der Waals surface area contributed by atoms with Gasteiger partial charge < -0.3 is 5.32 Å². The second-order valence-electron chi connectivity index (χ2n) is 9.65. The lowest BCUT2D eigenvalue weighted by molar-refractivity contribution is -0.143. The molecule has 2 aromatic rings. The van der Waals surface area contributed by atoms with Crippen LogP contribution in [0.4, 0.5) is 32.0 Å². The molecule has 1 N–H and O–H groups in total. The van der Waals surface area contributed by atoms with Gasteiger partial charge in [0.05, 0.1) is 11.1 Å². The molecule has 1 atom stereocenters. The number of para-hydroxylation sites is 1. The zero-order chi connectivity index (χ0) is 25.1. The molecule has 2 aromatic carbocycles. The lowest BCUT2D eigenvalue weighted by Crippen LogP contribution is -2.46. The number of hydrogen-bond donors (Lipinski definition) is 1. The maximum absolute atomic E-state index is 13.2. The van der Waals surface area contributed by atoms with Gasteiger partial charge in [0.2, 0.25) is 0 Å². The van der Waals surface area contributed by atoms with Crippen molar-refractivity contribution in [3.63, 3.8) is 0 Å². The van der Waals surface area contributed by atoms with E-state index in [9.17, 15) is 26.3 Å². The van der Waals surface area contributed by atoms with Gasteiger partial charge in [-0.2, -0.15) is 26.3 Å². The van der Waals surface area contributed by atoms with Crippen LogP contribution in [0.15, 0.2) is 48.5 Å². The maximum Gasteiger partial charge on any atom is 0.416 e. The van der Waals surface area contributed by atoms with Gasteiger partial charge in [-0.15, -0.1) is 0 Å². The highest BCUT2D eigenvalue weighted by Crippen LogP contribution is 2.37. The van der Waals surface area contributed by atoms with Gasteiger partial charge in [-0.3, -0.25) is 4.90 Å². The van der Waals surface area contributed by atoms with Crippen LogP contribution in [-0.4, -0.2) is 24.2 Å². The summed E-state index contributed by atoms with van der Waals surface area (Å²) in [5.41, 5.74) is -2.15. The van der Waals surface area contributed by atoms with Gasteiger partial charge in [0.25, 0.3) is 0 Å². The van der Waals surface area contributed by atoms with Crippen molar-refractivity contribution in [3.05, 3.63) is 65.2 Å². The fraction of sp³-hybridized carbons (Fsp3) is 0.462. The summed E-state index contributed by atoms with van der Waals surface area (Å²) in [6.07, 6.45) is -8.52. The highest BCUT2D eigenvalue weighted by molar-refractivity contribution is 5.48. The van der Waals surface area contributed by atoms with Crippen molar-refractivity contribution in [3.8, 4) is 11.8 Å². The summed E-state index contributed by atoms with van der Waals surface area (Å²) in [4.78, 5) is 2.08. The van der Waals surface area contributed by atoms with Crippen molar-refractivity contribution in [2.75, 3.05) is 18.4 Å². The lowest BCUT2D eigenvalue weighted by atomic mass is 9.75. The quantitative estimate of drug-likeness (QED) is 0.366. The highest BCUT2D eigenvalue weighted by Gasteiger charge is 2.37. The van der Waals surface area contributed by atoms with Gasteiger partial charge in [-0.1, -0.05) is 50.8 Å². The third-order valence-electron chi connectivity index (χ3n) is 6.14. The SMILES string of the molecule is CC(C)(C)C1CCN(C(C#Cc2cc(C(F)(F)F)cc(C(F)(F)F)c2)Nc2ccccc2)CC1. The van der Waals surface area contributed by atoms with E-state index in [2.05, 4.69) is 42.8 Å². The zero-order valence-electron chi connectivity index (χ0n) is 19.3. The molecular formula is C26H28F6N2. The fourth-order valence-electron chi connectivity index (χ4n) is 4.11. The van der Waals surface area contributed by atoms with Crippen molar-refractivity contribution >= 4 is 5.69 Å². The van der Waals surface area contributed by atoms with Crippen LogP contribution in [0, 0.1) is 23.2 Å². The molecule has 1 aliphatic heterocycles. The summed E-state index contributed by atoms with van der Waals surface area (Å²) < 4.78 is 79.3. The molecule has 1 heterocycles. The van der Waals surface area contributed by atoms with Crippen LogP contribution in [0.5, 0.6) is 0 Å². The Balaban J connectivity index is 1.93. The van der Waals surface area contributed by atoms with Crippen LogP contribution in [0.2, 0.25) is 0 Å². The molecule has 184 valence electrons. The van der Waals surface area contributed by atoms with E-state index in [1.165, 1.54) is 0 Å². The Bertz CT molecular complexity index is 985. The normalized spacial score (nSPS) is 17.1. The second-order valence-corrected chi connectivity index (χ2v) is 9.65. The van der Waals surface area contributed by atoms with Crippen LogP contribution in [0.1, 0.15) is 50.3 Å². The molecule has 0 saturated carbocycles. The predicted molar refractivity (Wildman–Crippen MR) is 121 cm³/mol. The average Bonchev–Trinajstić information content (AvgIpc) is 2.75. The number of likely N-dealkylation sites (tertiary alicyclic amines) is 1. The van der Waals surface area contributed by atoms with E-state index in [0.29, 0.717) is 18.1 Å². The van der Waals surface area contributed by atoms with Gasteiger partial charge in [0, 0.05) is 24.3 Å². The first-order chi connectivity index (χ1) is 15.7. The molecule has 2 nitrogen and oxygen atoms in total. The number of nitrogens with one attached hydrogen (secondary N) is 1. The summed E-state index contributed by atoms with van der Waals surface area (Å²) in [7, 11) is 0. The smallest absolute Gasteiger partial charge is 0.360 e. The zero-order valence-corrected chi connectivity index (χ0v) is 19.3. The van der Waals surface area contributed by atoms with Gasteiger partial charge in [0.1, 0.15) is 6.17 Å². The van der Waals surface area contributed by atoms with Crippen LogP contribution < -0.4 is 5.32 Å². The summed E-state index contributed by atoms with van der Waals surface area (Å²) in [5.74, 6) is 5.99. The molecule has 34 heavy (non-hydrogen) atoms. The molecule has 1 unspecified atom stereocenters. The fourth-order valence-corrected chi connectivity index (χ4v) is 4.11. The predicted octanol–water partition coefficient (Wildman–Crippen LogP) is 7.27. The third kappa shape index (κ3) is 6.92. The van der Waals surface area contributed by atoms with Gasteiger partial charge in [-0.25, -0.2) is 0 Å². The molecule has 0 aliphatic carbocycles. The van der Waals surface area contributed by atoms with E-state index in [4.69, 9.17) is 0 Å². The molecule has 8 heteroatoms. The van der Waals surface area contributed by atoms with Crippen molar-refractivity contribution < 1.29 is 26.3 Å². The molecule has 3 rings (SSSR count). The van der Waals surface area contributed by atoms with E-state index in [0.717, 1.165) is 31.6 Å². The number of hydrogen-bond acceptors (Lipinski definition) is 2. The molecule has 0 bridgehead atoms. The monoisotopic (exact) mass is 482 g/mol.